The maximum atomic E-state index is 6.14. The van der Waals surface area contributed by atoms with Crippen molar-refractivity contribution >= 4 is 0 Å². The number of fused-ring (bicyclic) bond motifs is 2. The van der Waals surface area contributed by atoms with Gasteiger partial charge in [0.1, 0.15) is 0 Å². The molecular weight excluding hydrogens is 148 g/mol. The Morgan fingerprint density at radius 1 is 0.917 bits per heavy atom. The van der Waals surface area contributed by atoms with Crippen molar-refractivity contribution in [2.24, 2.45) is 17.6 Å². The van der Waals surface area contributed by atoms with Crippen molar-refractivity contribution in [3.63, 3.8) is 0 Å². The van der Waals surface area contributed by atoms with Crippen molar-refractivity contribution in [2.75, 3.05) is 13.1 Å². The van der Waals surface area contributed by atoms with Gasteiger partial charge < -0.3 is 5.73 Å². The zero-order chi connectivity index (χ0) is 8.13. The fraction of sp³-hybridized carbons (Fsp3) is 1.00. The lowest BCUT2D eigenvalue weighted by Gasteiger charge is -2.36. The van der Waals surface area contributed by atoms with Crippen molar-refractivity contribution in [1.29, 1.82) is 0 Å². The molecule has 68 valence electrons. The number of likely N-dealkylation sites (tertiary alicyclic amines) is 1. The SMILES string of the molecule is NC1[C@@H]2CC[C@H]1CN(C1CC1)C2. The first-order valence-electron chi connectivity index (χ1n) is 5.34. The van der Waals surface area contributed by atoms with E-state index in [-0.39, 0.29) is 0 Å². The van der Waals surface area contributed by atoms with Crippen molar-refractivity contribution in [3.8, 4) is 0 Å². The summed E-state index contributed by atoms with van der Waals surface area (Å²) in [6.07, 6.45) is 5.70. The van der Waals surface area contributed by atoms with Crippen molar-refractivity contribution in [3.05, 3.63) is 0 Å². The lowest BCUT2D eigenvalue weighted by Crippen LogP contribution is -2.49. The summed E-state index contributed by atoms with van der Waals surface area (Å²) in [6, 6.07) is 1.50. The van der Waals surface area contributed by atoms with E-state index in [1.165, 1.54) is 38.8 Å². The van der Waals surface area contributed by atoms with Crippen molar-refractivity contribution in [2.45, 2.75) is 37.8 Å². The zero-order valence-electron chi connectivity index (χ0n) is 7.58. The Bertz CT molecular complexity index is 174. The average molecular weight is 166 g/mol. The maximum Gasteiger partial charge on any atom is 0.0120 e. The van der Waals surface area contributed by atoms with Gasteiger partial charge in [0, 0.05) is 25.2 Å². The van der Waals surface area contributed by atoms with E-state index in [0.29, 0.717) is 6.04 Å². The number of piperidine rings is 1. The molecule has 1 aliphatic heterocycles. The number of rotatable bonds is 1. The summed E-state index contributed by atoms with van der Waals surface area (Å²) >= 11 is 0. The minimum Gasteiger partial charge on any atom is -0.327 e. The van der Waals surface area contributed by atoms with Crippen LogP contribution in [-0.4, -0.2) is 30.1 Å². The van der Waals surface area contributed by atoms with Gasteiger partial charge in [0.25, 0.3) is 0 Å². The Morgan fingerprint density at radius 2 is 1.50 bits per heavy atom. The smallest absolute Gasteiger partial charge is 0.0120 e. The monoisotopic (exact) mass is 166 g/mol. The third-order valence-corrected chi connectivity index (χ3v) is 4.00. The van der Waals surface area contributed by atoms with E-state index in [9.17, 15) is 0 Å². The molecule has 12 heavy (non-hydrogen) atoms. The molecule has 3 aliphatic rings. The first-order chi connectivity index (χ1) is 5.84. The molecule has 1 heterocycles. The van der Waals surface area contributed by atoms with Gasteiger partial charge in [-0.1, -0.05) is 0 Å². The first kappa shape index (κ1) is 7.34. The highest BCUT2D eigenvalue weighted by molar-refractivity contribution is 4.99. The van der Waals surface area contributed by atoms with Gasteiger partial charge in [-0.15, -0.1) is 0 Å². The number of nitrogens with zero attached hydrogens (tertiary/aromatic N) is 1. The summed E-state index contributed by atoms with van der Waals surface area (Å²) in [6.45, 7) is 2.62. The van der Waals surface area contributed by atoms with E-state index in [0.717, 1.165) is 17.9 Å². The highest BCUT2D eigenvalue weighted by Gasteiger charge is 2.43. The van der Waals surface area contributed by atoms with Gasteiger partial charge in [-0.3, -0.25) is 4.90 Å². The van der Waals surface area contributed by atoms with Crippen LogP contribution in [0.25, 0.3) is 0 Å². The van der Waals surface area contributed by atoms with E-state index in [1.807, 2.05) is 0 Å². The van der Waals surface area contributed by atoms with E-state index >= 15 is 0 Å². The number of nitrogens with two attached hydrogens (primary N) is 1. The Balaban J connectivity index is 1.73. The Labute approximate surface area is 74.1 Å². The van der Waals surface area contributed by atoms with E-state index < -0.39 is 0 Å². The topological polar surface area (TPSA) is 29.3 Å². The van der Waals surface area contributed by atoms with Gasteiger partial charge in [0.15, 0.2) is 0 Å². The van der Waals surface area contributed by atoms with E-state index in [1.54, 1.807) is 0 Å². The van der Waals surface area contributed by atoms with Gasteiger partial charge in [0.05, 0.1) is 0 Å². The summed E-state index contributed by atoms with van der Waals surface area (Å²) in [4.78, 5) is 2.70. The summed E-state index contributed by atoms with van der Waals surface area (Å²) in [5.74, 6) is 1.67. The molecule has 0 aromatic carbocycles. The fourth-order valence-corrected chi connectivity index (χ4v) is 3.04. The predicted molar refractivity (Wildman–Crippen MR) is 48.8 cm³/mol. The highest BCUT2D eigenvalue weighted by Crippen LogP contribution is 2.39. The fourth-order valence-electron chi connectivity index (χ4n) is 3.04. The number of hydrogen-bond donors (Lipinski definition) is 1. The molecule has 2 aliphatic carbocycles. The molecule has 3 fully saturated rings. The Hall–Kier alpha value is -0.0800. The summed E-state index contributed by atoms with van der Waals surface area (Å²) in [5.41, 5.74) is 6.14. The zero-order valence-corrected chi connectivity index (χ0v) is 7.58. The minimum absolute atomic E-state index is 0.542. The van der Waals surface area contributed by atoms with Crippen LogP contribution in [0.3, 0.4) is 0 Å². The Kier molecular flexibility index (Phi) is 1.50. The molecule has 0 aromatic heterocycles. The van der Waals surface area contributed by atoms with Crippen LogP contribution in [0.2, 0.25) is 0 Å². The van der Waals surface area contributed by atoms with Crippen molar-refractivity contribution < 1.29 is 0 Å². The third-order valence-electron chi connectivity index (χ3n) is 4.00. The third kappa shape index (κ3) is 1.01. The molecule has 2 heteroatoms. The lowest BCUT2D eigenvalue weighted by atomic mass is 9.93. The normalized spacial score (nSPS) is 48.2. The molecule has 2 N–H and O–H groups in total. The van der Waals surface area contributed by atoms with Gasteiger partial charge in [-0.2, -0.15) is 0 Å². The summed E-state index contributed by atoms with van der Waals surface area (Å²) < 4.78 is 0. The van der Waals surface area contributed by atoms with Crippen LogP contribution < -0.4 is 5.73 Å². The van der Waals surface area contributed by atoms with Crippen LogP contribution in [-0.2, 0) is 0 Å². The quantitative estimate of drug-likeness (QED) is 0.625. The molecule has 2 bridgehead atoms. The molecule has 0 amide bonds. The van der Waals surface area contributed by atoms with Crippen molar-refractivity contribution in [1.82, 2.24) is 4.90 Å². The van der Waals surface area contributed by atoms with Crippen LogP contribution >= 0.6 is 0 Å². The van der Waals surface area contributed by atoms with Gasteiger partial charge in [-0.25, -0.2) is 0 Å². The highest BCUT2D eigenvalue weighted by atomic mass is 15.2. The second kappa shape index (κ2) is 2.46. The predicted octanol–water partition coefficient (Wildman–Crippen LogP) is 0.818. The molecule has 1 unspecified atom stereocenters. The lowest BCUT2D eigenvalue weighted by molar-refractivity contribution is 0.140. The Morgan fingerprint density at radius 3 is 2.00 bits per heavy atom. The second-order valence-corrected chi connectivity index (χ2v) is 4.86. The van der Waals surface area contributed by atoms with Gasteiger partial charge >= 0.3 is 0 Å². The molecule has 2 saturated carbocycles. The summed E-state index contributed by atoms with van der Waals surface area (Å²) in [5, 5.41) is 0. The minimum atomic E-state index is 0.542. The summed E-state index contributed by atoms with van der Waals surface area (Å²) in [7, 11) is 0. The van der Waals surface area contributed by atoms with E-state index in [2.05, 4.69) is 4.90 Å². The molecule has 0 aromatic rings. The molecule has 2 nitrogen and oxygen atoms in total. The maximum absolute atomic E-state index is 6.14. The van der Waals surface area contributed by atoms with Crippen LogP contribution in [0, 0.1) is 11.8 Å². The van der Waals surface area contributed by atoms with E-state index in [4.69, 9.17) is 5.73 Å². The van der Waals surface area contributed by atoms with Gasteiger partial charge in [-0.05, 0) is 37.5 Å². The average Bonchev–Trinajstić information content (AvgIpc) is 2.87. The number of hydrogen-bond acceptors (Lipinski definition) is 2. The second-order valence-electron chi connectivity index (χ2n) is 4.86. The standard InChI is InChI=1S/C10H18N2/c11-10-7-1-2-8(10)6-12(5-7)9-3-4-9/h7-10H,1-6,11H2/t7-,8+,10?. The molecule has 1 saturated heterocycles. The first-order valence-corrected chi connectivity index (χ1v) is 5.34. The molecule has 3 atom stereocenters. The largest absolute Gasteiger partial charge is 0.327 e. The van der Waals surface area contributed by atoms with Crippen LogP contribution in [0.1, 0.15) is 25.7 Å². The molecule has 0 radical (unpaired) electrons. The van der Waals surface area contributed by atoms with Crippen LogP contribution in [0.4, 0.5) is 0 Å². The molecule has 3 rings (SSSR count). The van der Waals surface area contributed by atoms with Crippen LogP contribution in [0.5, 0.6) is 0 Å². The van der Waals surface area contributed by atoms with Crippen LogP contribution in [0.15, 0.2) is 0 Å². The molecular formula is C10H18N2. The molecule has 0 spiro atoms. The van der Waals surface area contributed by atoms with Gasteiger partial charge in [0.2, 0.25) is 0 Å².